The normalized spacial score (nSPS) is 23.4. The lowest BCUT2D eigenvalue weighted by Crippen LogP contribution is -2.25. The van der Waals surface area contributed by atoms with Crippen molar-refractivity contribution in [1.82, 2.24) is 14.6 Å². The highest BCUT2D eigenvalue weighted by atomic mass is 79.9. The molecular formula is C15H19BrF2N4O. The van der Waals surface area contributed by atoms with Crippen molar-refractivity contribution in [1.29, 1.82) is 0 Å². The monoisotopic (exact) mass is 388 g/mol. The summed E-state index contributed by atoms with van der Waals surface area (Å²) in [6.07, 6.45) is 2.24. The van der Waals surface area contributed by atoms with Crippen molar-refractivity contribution in [3.05, 3.63) is 22.4 Å². The molecule has 1 atom stereocenters. The number of rotatable bonds is 4. The number of hydrogen-bond donors (Lipinski definition) is 2. The molecule has 2 aromatic heterocycles. The van der Waals surface area contributed by atoms with E-state index < -0.39 is 12.5 Å². The van der Waals surface area contributed by atoms with Gasteiger partial charge in [0.25, 0.3) is 6.43 Å². The van der Waals surface area contributed by atoms with Gasteiger partial charge in [-0.05, 0) is 54.6 Å². The smallest absolute Gasteiger partial charge is 0.258 e. The summed E-state index contributed by atoms with van der Waals surface area (Å²) in [6.45, 7) is 1.40. The van der Waals surface area contributed by atoms with Crippen molar-refractivity contribution >= 4 is 27.4 Å². The van der Waals surface area contributed by atoms with Crippen molar-refractivity contribution in [3.8, 4) is 0 Å². The lowest BCUT2D eigenvalue weighted by molar-refractivity contribution is 0.121. The summed E-state index contributed by atoms with van der Waals surface area (Å²) in [7, 11) is 0. The second kappa shape index (κ2) is 6.68. The van der Waals surface area contributed by atoms with Gasteiger partial charge in [0.2, 0.25) is 5.95 Å². The highest BCUT2D eigenvalue weighted by Gasteiger charge is 2.25. The van der Waals surface area contributed by atoms with Crippen LogP contribution in [0.1, 0.15) is 44.2 Å². The van der Waals surface area contributed by atoms with E-state index in [0.717, 1.165) is 41.4 Å². The number of nitrogens with zero attached hydrogens (tertiary/aromatic N) is 3. The molecule has 126 valence electrons. The lowest BCUT2D eigenvalue weighted by atomic mass is 9.85. The summed E-state index contributed by atoms with van der Waals surface area (Å²) >= 11 is 3.50. The van der Waals surface area contributed by atoms with E-state index in [1.807, 2.05) is 6.07 Å². The van der Waals surface area contributed by atoms with Crippen molar-refractivity contribution in [2.24, 2.45) is 0 Å². The van der Waals surface area contributed by atoms with Crippen LogP contribution in [-0.4, -0.2) is 38.3 Å². The second-order valence-corrected chi connectivity index (χ2v) is 6.92. The Labute approximate surface area is 141 Å². The van der Waals surface area contributed by atoms with Gasteiger partial charge in [0.1, 0.15) is 0 Å². The van der Waals surface area contributed by atoms with E-state index in [4.69, 9.17) is 0 Å². The van der Waals surface area contributed by atoms with E-state index in [-0.39, 0.29) is 12.1 Å². The van der Waals surface area contributed by atoms with Crippen LogP contribution in [-0.2, 0) is 0 Å². The van der Waals surface area contributed by atoms with Crippen LogP contribution in [0, 0.1) is 0 Å². The number of anilines is 1. The van der Waals surface area contributed by atoms with E-state index in [0.29, 0.717) is 5.92 Å². The molecule has 0 spiro atoms. The first-order valence-electron chi connectivity index (χ1n) is 7.72. The van der Waals surface area contributed by atoms with Crippen LogP contribution >= 0.6 is 15.9 Å². The minimum Gasteiger partial charge on any atom is -0.393 e. The molecular weight excluding hydrogens is 370 g/mol. The first-order chi connectivity index (χ1) is 11.0. The molecule has 0 aliphatic heterocycles. The average Bonchev–Trinajstić information content (AvgIpc) is 2.84. The van der Waals surface area contributed by atoms with Gasteiger partial charge in [0, 0.05) is 16.1 Å². The molecule has 1 saturated carbocycles. The fourth-order valence-electron chi connectivity index (χ4n) is 2.97. The van der Waals surface area contributed by atoms with Crippen LogP contribution in [0.5, 0.6) is 0 Å². The van der Waals surface area contributed by atoms with E-state index in [1.165, 1.54) is 6.92 Å². The van der Waals surface area contributed by atoms with E-state index in [2.05, 4.69) is 31.3 Å². The summed E-state index contributed by atoms with van der Waals surface area (Å²) < 4.78 is 28.0. The molecule has 0 saturated heterocycles. The molecule has 2 aromatic rings. The zero-order valence-corrected chi connectivity index (χ0v) is 14.3. The number of hydrogen-bond acceptors (Lipinski definition) is 4. The van der Waals surface area contributed by atoms with Gasteiger partial charge in [-0.15, -0.1) is 5.10 Å². The molecule has 0 bridgehead atoms. The molecule has 1 aliphatic carbocycles. The summed E-state index contributed by atoms with van der Waals surface area (Å²) in [5.41, 5.74) is 1.83. The van der Waals surface area contributed by atoms with E-state index in [1.54, 1.807) is 10.7 Å². The summed E-state index contributed by atoms with van der Waals surface area (Å²) in [6, 6.07) is 0.993. The Kier molecular flexibility index (Phi) is 4.82. The van der Waals surface area contributed by atoms with Crippen molar-refractivity contribution in [2.45, 2.75) is 57.1 Å². The first-order valence-corrected chi connectivity index (χ1v) is 8.52. The third-order valence-electron chi connectivity index (χ3n) is 4.35. The minimum absolute atomic E-state index is 0.186. The van der Waals surface area contributed by atoms with E-state index in [9.17, 15) is 13.9 Å². The molecule has 2 heterocycles. The number of aromatic nitrogens is 3. The molecule has 0 amide bonds. The van der Waals surface area contributed by atoms with Gasteiger partial charge in [0.05, 0.1) is 23.9 Å². The van der Waals surface area contributed by atoms with Gasteiger partial charge in [-0.25, -0.2) is 18.3 Å². The van der Waals surface area contributed by atoms with Gasteiger partial charge in [0.15, 0.2) is 0 Å². The van der Waals surface area contributed by atoms with Gasteiger partial charge in [-0.1, -0.05) is 0 Å². The lowest BCUT2D eigenvalue weighted by Gasteiger charge is -2.25. The maximum absolute atomic E-state index is 12.7. The SMILES string of the molecule is CC(Nc1ncc2c(Br)cc(C3CCC(O)CC3)n2n1)C(F)F. The van der Waals surface area contributed by atoms with Crippen LogP contribution in [0.25, 0.3) is 5.52 Å². The third kappa shape index (κ3) is 3.47. The minimum atomic E-state index is -2.48. The van der Waals surface area contributed by atoms with Gasteiger partial charge >= 0.3 is 0 Å². The van der Waals surface area contributed by atoms with Gasteiger partial charge in [-0.2, -0.15) is 0 Å². The molecule has 0 radical (unpaired) electrons. The zero-order chi connectivity index (χ0) is 16.6. The molecule has 2 N–H and O–H groups in total. The molecule has 8 heteroatoms. The quantitative estimate of drug-likeness (QED) is 0.839. The van der Waals surface area contributed by atoms with Crippen LogP contribution in [0.2, 0.25) is 0 Å². The predicted octanol–water partition coefficient (Wildman–Crippen LogP) is 3.58. The molecule has 5 nitrogen and oxygen atoms in total. The average molecular weight is 389 g/mol. The molecule has 0 aromatic carbocycles. The van der Waals surface area contributed by atoms with Crippen LogP contribution in [0.4, 0.5) is 14.7 Å². The van der Waals surface area contributed by atoms with Crippen molar-refractivity contribution < 1.29 is 13.9 Å². The Bertz CT molecular complexity index is 685. The zero-order valence-electron chi connectivity index (χ0n) is 12.7. The Balaban J connectivity index is 1.92. The Morgan fingerprint density at radius 3 is 2.70 bits per heavy atom. The number of halogens is 3. The Morgan fingerprint density at radius 1 is 1.35 bits per heavy atom. The number of fused-ring (bicyclic) bond motifs is 1. The van der Waals surface area contributed by atoms with Crippen molar-refractivity contribution in [3.63, 3.8) is 0 Å². The van der Waals surface area contributed by atoms with Gasteiger partial charge < -0.3 is 10.4 Å². The summed E-state index contributed by atoms with van der Waals surface area (Å²) in [5.74, 6) is 0.484. The first kappa shape index (κ1) is 16.6. The van der Waals surface area contributed by atoms with Crippen molar-refractivity contribution in [2.75, 3.05) is 5.32 Å². The Hall–Kier alpha value is -1.28. The fraction of sp³-hybridized carbons (Fsp3) is 0.600. The number of alkyl halides is 2. The standard InChI is InChI=1S/C15H19BrF2N4O/c1-8(14(17)18)20-15-19-7-13-11(16)6-12(22(13)21-15)9-2-4-10(23)5-3-9/h6-10,14,23H,2-5H2,1H3,(H,20,21). The predicted molar refractivity (Wildman–Crippen MR) is 87.0 cm³/mol. The second-order valence-electron chi connectivity index (χ2n) is 6.07. The van der Waals surface area contributed by atoms with Crippen LogP contribution < -0.4 is 5.32 Å². The van der Waals surface area contributed by atoms with E-state index >= 15 is 0 Å². The highest BCUT2D eigenvalue weighted by molar-refractivity contribution is 9.10. The van der Waals surface area contributed by atoms with Crippen LogP contribution in [0.15, 0.2) is 16.7 Å². The maximum Gasteiger partial charge on any atom is 0.258 e. The summed E-state index contributed by atoms with van der Waals surface area (Å²) in [4.78, 5) is 4.11. The number of nitrogens with one attached hydrogen (secondary N) is 1. The molecule has 1 unspecified atom stereocenters. The Morgan fingerprint density at radius 2 is 2.04 bits per heavy atom. The largest absolute Gasteiger partial charge is 0.393 e. The number of aliphatic hydroxyl groups excluding tert-OH is 1. The highest BCUT2D eigenvalue weighted by Crippen LogP contribution is 2.36. The van der Waals surface area contributed by atoms with Gasteiger partial charge in [-0.3, -0.25) is 0 Å². The van der Waals surface area contributed by atoms with Crippen LogP contribution in [0.3, 0.4) is 0 Å². The third-order valence-corrected chi connectivity index (χ3v) is 4.98. The molecule has 1 aliphatic rings. The number of aliphatic hydroxyl groups is 1. The topological polar surface area (TPSA) is 62.5 Å². The molecule has 3 rings (SSSR count). The molecule has 23 heavy (non-hydrogen) atoms. The fourth-order valence-corrected chi connectivity index (χ4v) is 3.48. The maximum atomic E-state index is 12.7. The molecule has 1 fully saturated rings. The summed E-state index contributed by atoms with van der Waals surface area (Å²) in [5, 5.41) is 16.7.